The van der Waals surface area contributed by atoms with E-state index in [1.54, 1.807) is 73.7 Å². The van der Waals surface area contributed by atoms with Gasteiger partial charge in [0.1, 0.15) is 40.1 Å². The van der Waals surface area contributed by atoms with E-state index in [0.717, 1.165) is 179 Å². The van der Waals surface area contributed by atoms with Gasteiger partial charge in [-0.1, -0.05) is 199 Å². The maximum absolute atomic E-state index is 13.5. The third-order valence-corrected chi connectivity index (χ3v) is 23.8. The zero-order valence-electron chi connectivity index (χ0n) is 76.2. The van der Waals surface area contributed by atoms with Crippen LogP contribution in [0.25, 0.3) is 0 Å². The lowest BCUT2D eigenvalue weighted by atomic mass is 9.77. The Hall–Kier alpha value is -9.20. The molecule has 0 aliphatic heterocycles. The van der Waals surface area contributed by atoms with Crippen LogP contribution >= 0.6 is 0 Å². The number of rotatable bonds is 69. The number of hydrogen-bond donors (Lipinski definition) is 0. The van der Waals surface area contributed by atoms with E-state index in [0.29, 0.717) is 141 Å². The Morgan fingerprint density at radius 2 is 0.576 bits per heavy atom. The second-order valence-electron chi connectivity index (χ2n) is 34.3. The van der Waals surface area contributed by atoms with Gasteiger partial charge < -0.3 is 56.8 Å². The average Bonchev–Trinajstić information content (AvgIpc) is 0.840. The number of unbranched alkanes of at least 4 members (excludes halogenated alkanes) is 27. The summed E-state index contributed by atoms with van der Waals surface area (Å²) in [6.45, 7) is 13.6. The molecule has 7 rings (SSSR count). The van der Waals surface area contributed by atoms with E-state index in [-0.39, 0.29) is 44.2 Å². The van der Waals surface area contributed by atoms with Crippen LogP contribution in [0.2, 0.25) is 0 Å². The van der Waals surface area contributed by atoms with Crippen molar-refractivity contribution in [1.29, 1.82) is 0 Å². The molecule has 0 radical (unpaired) electrons. The molecule has 0 unspecified atom stereocenters. The first-order valence-electron chi connectivity index (χ1n) is 48.2. The summed E-state index contributed by atoms with van der Waals surface area (Å²) in [5.41, 5.74) is 4.29. The molecule has 0 bridgehead atoms. The van der Waals surface area contributed by atoms with Crippen LogP contribution in [0, 0.1) is 11.8 Å². The van der Waals surface area contributed by atoms with Gasteiger partial charge in [-0.2, -0.15) is 0 Å². The van der Waals surface area contributed by atoms with Crippen LogP contribution in [0.3, 0.4) is 0 Å². The van der Waals surface area contributed by atoms with Gasteiger partial charge in [-0.25, -0.2) is 19.2 Å². The topological polar surface area (TPSA) is 247 Å². The monoisotopic (exact) mass is 1730 g/mol. The molecule has 2 fully saturated rings. The minimum Gasteiger partial charge on any atom is -0.494 e. The molecular formula is C105H150O20. The third-order valence-electron chi connectivity index (χ3n) is 23.8. The maximum atomic E-state index is 13.5. The van der Waals surface area contributed by atoms with Crippen LogP contribution in [-0.4, -0.2) is 114 Å². The van der Waals surface area contributed by atoms with Gasteiger partial charge in [-0.15, -0.1) is 0 Å². The Kier molecular flexibility index (Phi) is 53.1. The van der Waals surface area contributed by atoms with Gasteiger partial charge in [0.25, 0.3) is 0 Å². The predicted octanol–water partition coefficient (Wildman–Crippen LogP) is 25.7. The summed E-state index contributed by atoms with van der Waals surface area (Å²) >= 11 is 0. The van der Waals surface area contributed by atoms with Gasteiger partial charge in [0, 0.05) is 5.57 Å². The molecule has 0 heterocycles. The summed E-state index contributed by atoms with van der Waals surface area (Å²) in [6, 6.07) is 35.5. The number of carbonyl (C=O) groups excluding carboxylic acids is 8. The normalized spacial score (nSPS) is 14.9. The van der Waals surface area contributed by atoms with E-state index in [9.17, 15) is 38.4 Å². The SMILES string of the molecule is C=C(C)C(=O)OCCCCCCOC(=O)c1cc(OCCCCCCCCOC(=O)CCC(=O)OCCCCCCCCOc2ccc(C(=O)Oc3ccc([C@H]4CC[C@H](CCCCC)CC4)cc3)cc2)ccc1OCCCCCCCCOC(=O)CCC(=O)OCCCCCCCCOc1ccc(C(=O)Oc2ccc([C@H]3CC[C@H](CCCCC)CC3)cc2)cc1. The van der Waals surface area contributed by atoms with Crippen LogP contribution < -0.4 is 28.4 Å². The van der Waals surface area contributed by atoms with Crippen molar-refractivity contribution in [2.24, 2.45) is 11.8 Å². The second kappa shape index (κ2) is 64.5. The Balaban J connectivity index is 0.629. The van der Waals surface area contributed by atoms with Crippen molar-refractivity contribution in [2.75, 3.05) is 66.1 Å². The molecule has 0 saturated heterocycles. The summed E-state index contributed by atoms with van der Waals surface area (Å²) in [5, 5.41) is 0. The molecule has 20 nitrogen and oxygen atoms in total. The van der Waals surface area contributed by atoms with Gasteiger partial charge in [0.2, 0.25) is 0 Å². The minimum absolute atomic E-state index is 0.00444. The zero-order valence-corrected chi connectivity index (χ0v) is 76.2. The number of hydrogen-bond acceptors (Lipinski definition) is 20. The molecule has 2 aliphatic carbocycles. The van der Waals surface area contributed by atoms with E-state index >= 15 is 0 Å². The van der Waals surface area contributed by atoms with Crippen LogP contribution in [0.4, 0.5) is 0 Å². The number of carbonyl (C=O) groups is 8. The smallest absolute Gasteiger partial charge is 0.343 e. The molecule has 0 aromatic heterocycles. The van der Waals surface area contributed by atoms with E-state index < -0.39 is 35.8 Å². The van der Waals surface area contributed by atoms with Gasteiger partial charge >= 0.3 is 47.8 Å². The summed E-state index contributed by atoms with van der Waals surface area (Å²) in [6.07, 6.45) is 45.7. The van der Waals surface area contributed by atoms with Gasteiger partial charge in [-0.05, 0) is 261 Å². The molecule has 0 atom stereocenters. The summed E-state index contributed by atoms with van der Waals surface area (Å²) < 4.78 is 67.9. The van der Waals surface area contributed by atoms with Crippen molar-refractivity contribution >= 4 is 47.8 Å². The fourth-order valence-electron chi connectivity index (χ4n) is 16.1. The van der Waals surface area contributed by atoms with Gasteiger partial charge in [-0.3, -0.25) is 19.2 Å². The first-order valence-corrected chi connectivity index (χ1v) is 48.2. The Labute approximate surface area is 747 Å². The molecule has 0 amide bonds. The molecule has 125 heavy (non-hydrogen) atoms. The molecule has 20 heteroatoms. The molecule has 0 N–H and O–H groups in total. The molecule has 0 spiro atoms. The van der Waals surface area contributed by atoms with Gasteiger partial charge in [0.15, 0.2) is 0 Å². The minimum atomic E-state index is -0.494. The Morgan fingerprint density at radius 3 is 0.912 bits per heavy atom. The van der Waals surface area contributed by atoms with Gasteiger partial charge in [0.05, 0.1) is 103 Å². The third kappa shape index (κ3) is 45.7. The van der Waals surface area contributed by atoms with Crippen molar-refractivity contribution in [3.05, 3.63) is 155 Å². The van der Waals surface area contributed by atoms with Crippen molar-refractivity contribution in [3.8, 4) is 34.5 Å². The zero-order chi connectivity index (χ0) is 88.8. The summed E-state index contributed by atoms with van der Waals surface area (Å²) in [4.78, 5) is 100. The Morgan fingerprint density at radius 1 is 0.288 bits per heavy atom. The van der Waals surface area contributed by atoms with E-state index in [4.69, 9.17) is 56.8 Å². The molecule has 5 aromatic rings. The highest BCUT2D eigenvalue weighted by atomic mass is 16.6. The number of esters is 8. The number of ether oxygens (including phenoxy) is 12. The highest BCUT2D eigenvalue weighted by Gasteiger charge is 2.26. The lowest BCUT2D eigenvalue weighted by Crippen LogP contribution is -2.13. The highest BCUT2D eigenvalue weighted by Crippen LogP contribution is 2.40. The fraction of sp³-hybridized carbons (Fsp3) is 0.619. The lowest BCUT2D eigenvalue weighted by molar-refractivity contribution is -0.150. The van der Waals surface area contributed by atoms with Crippen molar-refractivity contribution < 1.29 is 95.2 Å². The van der Waals surface area contributed by atoms with E-state index in [2.05, 4.69) is 44.7 Å². The first kappa shape index (κ1) is 103. The Bertz CT molecular complexity index is 3820. The second-order valence-corrected chi connectivity index (χ2v) is 34.3. The standard InChI is InChI=1S/C105H150O20/c1-5-7-27-39-83-41-45-85(46-42-83)87-49-61-93(62-50-87)124-103(111)89-53-57-91(58-54-89)114-71-29-17-9-13-21-33-75-118-98(106)67-68-100(108)120-77-35-23-15-11-19-31-73-116-95-65-66-97(96(81-95)105(113)123-80-38-26-25-37-79-122-102(110)82(3)4)117-74-32-20-12-16-24-36-78-121-101(109)70-69-99(107)119-76-34-22-14-10-18-30-72-115-92-59-55-90(56-60-92)104(112)125-94-63-51-88(52-64-94)86-47-43-84(44-48-86)40-28-8-6-2/h49-66,81,83-86H,3,5-48,67-80H2,1-2,4H3/t83-,84-,85-,86-. The molecule has 2 aliphatic rings. The largest absolute Gasteiger partial charge is 0.494 e. The highest BCUT2D eigenvalue weighted by molar-refractivity contribution is 5.93. The maximum Gasteiger partial charge on any atom is 0.343 e. The summed E-state index contributed by atoms with van der Waals surface area (Å²) in [7, 11) is 0. The fourth-order valence-corrected chi connectivity index (χ4v) is 16.1. The van der Waals surface area contributed by atoms with Crippen LogP contribution in [0.15, 0.2) is 127 Å². The predicted molar refractivity (Wildman–Crippen MR) is 489 cm³/mol. The first-order chi connectivity index (χ1) is 61.1. The lowest BCUT2D eigenvalue weighted by Gasteiger charge is -2.29. The number of benzene rings is 5. The van der Waals surface area contributed by atoms with Crippen LogP contribution in [0.1, 0.15) is 383 Å². The van der Waals surface area contributed by atoms with E-state index in [1.807, 2.05) is 24.3 Å². The molecule has 5 aromatic carbocycles. The molecule has 690 valence electrons. The molecular weight excluding hydrogens is 1580 g/mol. The van der Waals surface area contributed by atoms with Crippen LogP contribution in [-0.2, 0) is 52.4 Å². The molecule has 2 saturated carbocycles. The van der Waals surface area contributed by atoms with Crippen molar-refractivity contribution in [3.63, 3.8) is 0 Å². The average molecular weight is 1730 g/mol. The quantitative estimate of drug-likeness (QED) is 0.0115. The van der Waals surface area contributed by atoms with Crippen LogP contribution in [0.5, 0.6) is 34.5 Å². The summed E-state index contributed by atoms with van der Waals surface area (Å²) in [5.74, 6) is 3.15. The van der Waals surface area contributed by atoms with Crippen molar-refractivity contribution in [1.82, 2.24) is 0 Å². The van der Waals surface area contributed by atoms with E-state index in [1.165, 1.54) is 114 Å². The van der Waals surface area contributed by atoms with Crippen molar-refractivity contribution in [2.45, 2.75) is 341 Å².